The summed E-state index contributed by atoms with van der Waals surface area (Å²) in [6, 6.07) is 17.6. The van der Waals surface area contributed by atoms with Gasteiger partial charge in [-0.2, -0.15) is 0 Å². The highest BCUT2D eigenvalue weighted by atomic mass is 28.3. The lowest BCUT2D eigenvalue weighted by Crippen LogP contribution is -2.54. The maximum absolute atomic E-state index is 9.71. The van der Waals surface area contributed by atoms with Crippen LogP contribution in [0.1, 0.15) is 17.5 Å². The van der Waals surface area contributed by atoms with Crippen LogP contribution in [0, 0.1) is 0 Å². The summed E-state index contributed by atoms with van der Waals surface area (Å²) in [5, 5.41) is 12.5. The average molecular weight is 383 g/mol. The third-order valence-electron chi connectivity index (χ3n) is 6.07. The molecular weight excluding hydrogens is 348 g/mol. The van der Waals surface area contributed by atoms with Crippen LogP contribution >= 0.6 is 0 Å². The number of rotatable bonds is 7. The van der Waals surface area contributed by atoms with Gasteiger partial charge < -0.3 is 14.9 Å². The van der Waals surface area contributed by atoms with Crippen molar-refractivity contribution in [2.75, 3.05) is 39.8 Å². The van der Waals surface area contributed by atoms with Gasteiger partial charge in [0.05, 0.1) is 6.61 Å². The molecule has 1 saturated heterocycles. The highest BCUT2D eigenvalue weighted by Crippen LogP contribution is 2.11. The molecule has 2 aromatic rings. The number of aryl methyl sites for hydroxylation is 1. The Balaban J connectivity index is 1.59. The van der Waals surface area contributed by atoms with Crippen LogP contribution in [-0.2, 0) is 13.0 Å². The summed E-state index contributed by atoms with van der Waals surface area (Å²) in [4.78, 5) is 5.01. The summed E-state index contributed by atoms with van der Waals surface area (Å²) in [6.07, 6.45) is 2.39. The zero-order valence-corrected chi connectivity index (χ0v) is 18.1. The van der Waals surface area contributed by atoms with Gasteiger partial charge in [0.15, 0.2) is 0 Å². The van der Waals surface area contributed by atoms with Crippen molar-refractivity contribution < 1.29 is 5.11 Å². The smallest absolute Gasteiger partial charge is 0.112 e. The van der Waals surface area contributed by atoms with Crippen molar-refractivity contribution in [3.63, 3.8) is 0 Å². The summed E-state index contributed by atoms with van der Waals surface area (Å²) in [6.45, 7) is 10.9. The Hall–Kier alpha value is -1.46. The average Bonchev–Trinajstić information content (AvgIpc) is 2.70. The first-order chi connectivity index (χ1) is 13.0. The molecule has 1 N–H and O–H groups in total. The quantitative estimate of drug-likeness (QED) is 0.744. The Morgan fingerprint density at radius 2 is 1.59 bits per heavy atom. The van der Waals surface area contributed by atoms with E-state index in [1.807, 2.05) is 6.07 Å². The first-order valence-corrected chi connectivity index (χ1v) is 13.2. The standard InChI is InChI=1S/C23H34N2OSi/c1-24-15-17-25(18-16-24)14-6-7-20-10-12-22(13-11-20)27(2,3)23-9-5-4-8-21(23)19-26/h4-5,8-13,26H,6-7,14-19H2,1-3H3. The summed E-state index contributed by atoms with van der Waals surface area (Å²) >= 11 is 0. The third-order valence-corrected chi connectivity index (χ3v) is 9.68. The van der Waals surface area contributed by atoms with E-state index in [9.17, 15) is 5.11 Å². The van der Waals surface area contributed by atoms with Gasteiger partial charge in [-0.3, -0.25) is 0 Å². The molecule has 1 aliphatic rings. The van der Waals surface area contributed by atoms with E-state index in [2.05, 4.69) is 72.4 Å². The summed E-state index contributed by atoms with van der Waals surface area (Å²) in [7, 11) is 0.430. The van der Waals surface area contributed by atoms with Crippen molar-refractivity contribution in [1.29, 1.82) is 0 Å². The van der Waals surface area contributed by atoms with Crippen molar-refractivity contribution in [2.24, 2.45) is 0 Å². The zero-order valence-electron chi connectivity index (χ0n) is 17.1. The maximum Gasteiger partial charge on any atom is 0.112 e. The van der Waals surface area contributed by atoms with Crippen molar-refractivity contribution in [1.82, 2.24) is 9.80 Å². The van der Waals surface area contributed by atoms with Crippen LogP contribution in [-0.4, -0.2) is 62.8 Å². The highest BCUT2D eigenvalue weighted by molar-refractivity contribution is 7.00. The molecule has 1 fully saturated rings. The maximum atomic E-state index is 9.71. The molecule has 0 radical (unpaired) electrons. The minimum absolute atomic E-state index is 0.122. The van der Waals surface area contributed by atoms with Gasteiger partial charge in [0, 0.05) is 26.2 Å². The van der Waals surface area contributed by atoms with E-state index in [4.69, 9.17) is 0 Å². The van der Waals surface area contributed by atoms with Crippen LogP contribution in [0.4, 0.5) is 0 Å². The fraction of sp³-hybridized carbons (Fsp3) is 0.478. The van der Waals surface area contributed by atoms with Gasteiger partial charge in [0.2, 0.25) is 0 Å². The Morgan fingerprint density at radius 1 is 0.926 bits per heavy atom. The van der Waals surface area contributed by atoms with E-state index in [0.717, 1.165) is 12.0 Å². The summed E-state index contributed by atoms with van der Waals surface area (Å²) < 4.78 is 0. The Kier molecular flexibility index (Phi) is 6.87. The Morgan fingerprint density at radius 3 is 2.26 bits per heavy atom. The number of hydrogen-bond acceptors (Lipinski definition) is 3. The molecule has 2 aromatic carbocycles. The lowest BCUT2D eigenvalue weighted by molar-refractivity contribution is 0.153. The first kappa shape index (κ1) is 20.3. The summed E-state index contributed by atoms with van der Waals surface area (Å²) in [5.74, 6) is 0. The molecule has 3 rings (SSSR count). The fourth-order valence-corrected chi connectivity index (χ4v) is 6.88. The van der Waals surface area contributed by atoms with Crippen LogP contribution in [0.25, 0.3) is 0 Å². The molecule has 3 nitrogen and oxygen atoms in total. The second-order valence-electron chi connectivity index (χ2n) is 8.39. The normalized spacial score (nSPS) is 16.6. The molecule has 1 heterocycles. The topological polar surface area (TPSA) is 26.7 Å². The fourth-order valence-electron chi connectivity index (χ4n) is 4.09. The predicted molar refractivity (Wildman–Crippen MR) is 118 cm³/mol. The van der Waals surface area contributed by atoms with Gasteiger partial charge in [0.1, 0.15) is 8.07 Å². The number of piperazine rings is 1. The van der Waals surface area contributed by atoms with Crippen LogP contribution in [0.5, 0.6) is 0 Å². The SMILES string of the molecule is CN1CCN(CCCc2ccc([Si](C)(C)c3ccccc3CO)cc2)CC1. The molecule has 0 saturated carbocycles. The lowest BCUT2D eigenvalue weighted by Gasteiger charge is -2.32. The molecule has 0 spiro atoms. The molecule has 0 atom stereocenters. The second-order valence-corrected chi connectivity index (χ2v) is 12.8. The van der Waals surface area contributed by atoms with E-state index in [0.29, 0.717) is 0 Å². The number of likely N-dealkylation sites (N-methyl/N-ethyl adjacent to an activating group) is 1. The summed E-state index contributed by atoms with van der Waals surface area (Å²) in [5.41, 5.74) is 2.51. The van der Waals surface area contributed by atoms with Crippen LogP contribution in [0.3, 0.4) is 0 Å². The van der Waals surface area contributed by atoms with E-state index >= 15 is 0 Å². The number of aliphatic hydroxyl groups excluding tert-OH is 1. The van der Waals surface area contributed by atoms with E-state index in [-0.39, 0.29) is 6.61 Å². The largest absolute Gasteiger partial charge is 0.392 e. The number of nitrogens with zero attached hydrogens (tertiary/aromatic N) is 2. The number of hydrogen-bond donors (Lipinski definition) is 1. The third kappa shape index (κ3) is 5.08. The Labute approximate surface area is 165 Å². The van der Waals surface area contributed by atoms with Crippen LogP contribution in [0.15, 0.2) is 48.5 Å². The van der Waals surface area contributed by atoms with Gasteiger partial charge in [-0.05, 0) is 42.7 Å². The van der Waals surface area contributed by atoms with Gasteiger partial charge in [-0.1, -0.05) is 66.8 Å². The van der Waals surface area contributed by atoms with Crippen LogP contribution in [0.2, 0.25) is 13.1 Å². The molecule has 146 valence electrons. The second kappa shape index (κ2) is 9.15. The van der Waals surface area contributed by atoms with Gasteiger partial charge >= 0.3 is 0 Å². The molecule has 0 aliphatic carbocycles. The first-order valence-electron chi connectivity index (χ1n) is 10.2. The van der Waals surface area contributed by atoms with Gasteiger partial charge in [-0.25, -0.2) is 0 Å². The Bertz CT molecular complexity index is 721. The predicted octanol–water partition coefficient (Wildman–Crippen LogP) is 2.18. The molecule has 0 bridgehead atoms. The minimum atomic E-state index is -1.78. The molecule has 1 aliphatic heterocycles. The lowest BCUT2D eigenvalue weighted by atomic mass is 10.1. The van der Waals surface area contributed by atoms with E-state index < -0.39 is 8.07 Å². The molecule has 0 unspecified atom stereocenters. The number of aliphatic hydroxyl groups is 1. The zero-order chi connectivity index (χ0) is 19.3. The monoisotopic (exact) mass is 382 g/mol. The van der Waals surface area contributed by atoms with E-state index in [1.54, 1.807) is 0 Å². The molecular formula is C23H34N2OSi. The van der Waals surface area contributed by atoms with Crippen molar-refractivity contribution >= 4 is 18.4 Å². The molecule has 4 heteroatoms. The minimum Gasteiger partial charge on any atom is -0.392 e. The number of benzene rings is 2. The van der Waals surface area contributed by atoms with Crippen molar-refractivity contribution in [3.8, 4) is 0 Å². The van der Waals surface area contributed by atoms with E-state index in [1.165, 1.54) is 55.1 Å². The van der Waals surface area contributed by atoms with Crippen molar-refractivity contribution in [2.45, 2.75) is 32.5 Å². The molecule has 0 aromatic heterocycles. The van der Waals surface area contributed by atoms with Gasteiger partial charge in [-0.15, -0.1) is 0 Å². The highest BCUT2D eigenvalue weighted by Gasteiger charge is 2.27. The van der Waals surface area contributed by atoms with Gasteiger partial charge in [0.25, 0.3) is 0 Å². The molecule has 27 heavy (non-hydrogen) atoms. The van der Waals surface area contributed by atoms with Crippen LogP contribution < -0.4 is 10.4 Å². The van der Waals surface area contributed by atoms with Crippen molar-refractivity contribution in [3.05, 3.63) is 59.7 Å². The molecule has 0 amide bonds.